The SMILES string of the molecule is CC(=O)OCCCCSCc1ccccc1. The third-order valence-electron chi connectivity index (χ3n) is 2.10. The summed E-state index contributed by atoms with van der Waals surface area (Å²) in [5.74, 6) is 2.00. The van der Waals surface area contributed by atoms with Crippen LogP contribution < -0.4 is 0 Å². The van der Waals surface area contributed by atoms with Crippen LogP contribution in [0.3, 0.4) is 0 Å². The van der Waals surface area contributed by atoms with Gasteiger partial charge in [-0.15, -0.1) is 0 Å². The zero-order chi connectivity index (χ0) is 11.6. The summed E-state index contributed by atoms with van der Waals surface area (Å²) in [5.41, 5.74) is 1.37. The van der Waals surface area contributed by atoms with Gasteiger partial charge in [0, 0.05) is 12.7 Å². The highest BCUT2D eigenvalue weighted by atomic mass is 32.2. The predicted octanol–water partition coefficient (Wildman–Crippen LogP) is 3.26. The lowest BCUT2D eigenvalue weighted by molar-refractivity contribution is -0.141. The Morgan fingerprint density at radius 2 is 2.00 bits per heavy atom. The van der Waals surface area contributed by atoms with Crippen LogP contribution in [-0.4, -0.2) is 18.3 Å². The standard InChI is InChI=1S/C13H18O2S/c1-12(14)15-9-5-6-10-16-11-13-7-3-2-4-8-13/h2-4,7-8H,5-6,9-11H2,1H3. The van der Waals surface area contributed by atoms with E-state index in [-0.39, 0.29) is 5.97 Å². The Labute approximate surface area is 101 Å². The fraction of sp³-hybridized carbons (Fsp3) is 0.462. The largest absolute Gasteiger partial charge is 0.466 e. The van der Waals surface area contributed by atoms with Crippen LogP contribution in [-0.2, 0) is 15.3 Å². The molecule has 0 atom stereocenters. The molecule has 3 heteroatoms. The van der Waals surface area contributed by atoms with Gasteiger partial charge in [-0.05, 0) is 24.2 Å². The van der Waals surface area contributed by atoms with Crippen LogP contribution in [0.2, 0.25) is 0 Å². The third-order valence-corrected chi connectivity index (χ3v) is 3.21. The fourth-order valence-electron chi connectivity index (χ4n) is 1.29. The van der Waals surface area contributed by atoms with Crippen molar-refractivity contribution in [2.24, 2.45) is 0 Å². The summed E-state index contributed by atoms with van der Waals surface area (Å²) >= 11 is 1.92. The van der Waals surface area contributed by atoms with Crippen molar-refractivity contribution < 1.29 is 9.53 Å². The molecule has 88 valence electrons. The summed E-state index contributed by atoms with van der Waals surface area (Å²) in [6, 6.07) is 10.5. The van der Waals surface area contributed by atoms with Crippen molar-refractivity contribution in [1.29, 1.82) is 0 Å². The minimum absolute atomic E-state index is 0.183. The quantitative estimate of drug-likeness (QED) is 0.539. The maximum atomic E-state index is 10.5. The first kappa shape index (κ1) is 13.1. The number of unbranched alkanes of at least 4 members (excludes halogenated alkanes) is 1. The van der Waals surface area contributed by atoms with Gasteiger partial charge in [0.1, 0.15) is 0 Å². The lowest BCUT2D eigenvalue weighted by atomic mass is 10.2. The molecular weight excluding hydrogens is 220 g/mol. The molecule has 16 heavy (non-hydrogen) atoms. The van der Waals surface area contributed by atoms with E-state index in [2.05, 4.69) is 24.3 Å². The van der Waals surface area contributed by atoms with E-state index in [9.17, 15) is 4.79 Å². The number of hydrogen-bond donors (Lipinski definition) is 0. The Hall–Kier alpha value is -0.960. The number of carbonyl (C=O) groups excluding carboxylic acids is 1. The van der Waals surface area contributed by atoms with E-state index in [1.807, 2.05) is 17.8 Å². The van der Waals surface area contributed by atoms with Crippen LogP contribution >= 0.6 is 11.8 Å². The summed E-state index contributed by atoms with van der Waals surface area (Å²) in [7, 11) is 0. The van der Waals surface area contributed by atoms with E-state index in [1.165, 1.54) is 12.5 Å². The molecule has 0 N–H and O–H groups in total. The summed E-state index contributed by atoms with van der Waals surface area (Å²) < 4.78 is 4.86. The Balaban J connectivity index is 1.94. The topological polar surface area (TPSA) is 26.3 Å². The van der Waals surface area contributed by atoms with Gasteiger partial charge in [-0.25, -0.2) is 0 Å². The molecule has 0 saturated carbocycles. The van der Waals surface area contributed by atoms with Gasteiger partial charge >= 0.3 is 5.97 Å². The van der Waals surface area contributed by atoms with Gasteiger partial charge in [0.05, 0.1) is 6.61 Å². The normalized spacial score (nSPS) is 10.1. The minimum atomic E-state index is -0.183. The van der Waals surface area contributed by atoms with Gasteiger partial charge in [0.2, 0.25) is 0 Å². The Bertz CT molecular complexity index is 298. The van der Waals surface area contributed by atoms with Crippen molar-refractivity contribution >= 4 is 17.7 Å². The summed E-state index contributed by atoms with van der Waals surface area (Å²) in [6.07, 6.45) is 2.06. The Morgan fingerprint density at radius 3 is 2.69 bits per heavy atom. The van der Waals surface area contributed by atoms with Gasteiger partial charge in [-0.1, -0.05) is 30.3 Å². The van der Waals surface area contributed by atoms with Crippen molar-refractivity contribution in [2.45, 2.75) is 25.5 Å². The number of benzene rings is 1. The average molecular weight is 238 g/mol. The molecule has 2 nitrogen and oxygen atoms in total. The lowest BCUT2D eigenvalue weighted by Gasteiger charge is -2.02. The second kappa shape index (κ2) is 8.22. The van der Waals surface area contributed by atoms with E-state index in [0.29, 0.717) is 6.61 Å². The van der Waals surface area contributed by atoms with Crippen molar-refractivity contribution in [3.05, 3.63) is 35.9 Å². The van der Waals surface area contributed by atoms with Crippen LogP contribution in [0.15, 0.2) is 30.3 Å². The molecule has 0 saturated heterocycles. The monoisotopic (exact) mass is 238 g/mol. The smallest absolute Gasteiger partial charge is 0.302 e. The summed E-state index contributed by atoms with van der Waals surface area (Å²) in [5, 5.41) is 0. The summed E-state index contributed by atoms with van der Waals surface area (Å²) in [6.45, 7) is 2.01. The zero-order valence-electron chi connectivity index (χ0n) is 9.65. The highest BCUT2D eigenvalue weighted by Crippen LogP contribution is 2.13. The van der Waals surface area contributed by atoms with Crippen molar-refractivity contribution in [1.82, 2.24) is 0 Å². The van der Waals surface area contributed by atoms with E-state index in [1.54, 1.807) is 0 Å². The van der Waals surface area contributed by atoms with Crippen LogP contribution in [0.1, 0.15) is 25.3 Å². The van der Waals surface area contributed by atoms with Gasteiger partial charge in [0.15, 0.2) is 0 Å². The minimum Gasteiger partial charge on any atom is -0.466 e. The average Bonchev–Trinajstić information content (AvgIpc) is 2.29. The molecule has 0 radical (unpaired) electrons. The van der Waals surface area contributed by atoms with Gasteiger partial charge < -0.3 is 4.74 Å². The van der Waals surface area contributed by atoms with Crippen molar-refractivity contribution in [3.8, 4) is 0 Å². The summed E-state index contributed by atoms with van der Waals surface area (Å²) in [4.78, 5) is 10.5. The van der Waals surface area contributed by atoms with E-state index >= 15 is 0 Å². The molecule has 1 aromatic rings. The first-order valence-corrected chi connectivity index (χ1v) is 6.69. The highest BCUT2D eigenvalue weighted by molar-refractivity contribution is 7.98. The van der Waals surface area contributed by atoms with Crippen molar-refractivity contribution in [3.63, 3.8) is 0 Å². The molecule has 0 spiro atoms. The molecular formula is C13H18O2S. The lowest BCUT2D eigenvalue weighted by Crippen LogP contribution is -2.00. The molecule has 0 aliphatic heterocycles. The first-order chi connectivity index (χ1) is 7.79. The molecule has 1 aromatic carbocycles. The molecule has 0 heterocycles. The van der Waals surface area contributed by atoms with E-state index in [4.69, 9.17) is 4.74 Å². The molecule has 0 unspecified atom stereocenters. The van der Waals surface area contributed by atoms with Crippen LogP contribution in [0.25, 0.3) is 0 Å². The molecule has 1 rings (SSSR count). The van der Waals surface area contributed by atoms with Gasteiger partial charge in [-0.3, -0.25) is 4.79 Å². The highest BCUT2D eigenvalue weighted by Gasteiger charge is 1.95. The van der Waals surface area contributed by atoms with E-state index in [0.717, 1.165) is 24.3 Å². The predicted molar refractivity (Wildman–Crippen MR) is 68.5 cm³/mol. The van der Waals surface area contributed by atoms with Gasteiger partial charge in [-0.2, -0.15) is 11.8 Å². The number of hydrogen-bond acceptors (Lipinski definition) is 3. The number of thioether (sulfide) groups is 1. The molecule has 0 fully saturated rings. The first-order valence-electron chi connectivity index (χ1n) is 5.54. The van der Waals surface area contributed by atoms with Crippen molar-refractivity contribution in [2.75, 3.05) is 12.4 Å². The number of carbonyl (C=O) groups is 1. The Morgan fingerprint density at radius 1 is 1.25 bits per heavy atom. The van der Waals surface area contributed by atoms with Crippen LogP contribution in [0, 0.1) is 0 Å². The van der Waals surface area contributed by atoms with E-state index < -0.39 is 0 Å². The molecule has 0 aromatic heterocycles. The molecule has 0 aliphatic rings. The van der Waals surface area contributed by atoms with Crippen LogP contribution in [0.5, 0.6) is 0 Å². The fourth-order valence-corrected chi connectivity index (χ4v) is 2.27. The number of rotatable bonds is 7. The number of esters is 1. The van der Waals surface area contributed by atoms with Gasteiger partial charge in [0.25, 0.3) is 0 Å². The molecule has 0 aliphatic carbocycles. The third kappa shape index (κ3) is 6.51. The zero-order valence-corrected chi connectivity index (χ0v) is 10.5. The number of ether oxygens (including phenoxy) is 1. The Kier molecular flexibility index (Phi) is 6.74. The van der Waals surface area contributed by atoms with Crippen LogP contribution in [0.4, 0.5) is 0 Å². The maximum absolute atomic E-state index is 10.5. The second-order valence-electron chi connectivity index (χ2n) is 3.59. The second-order valence-corrected chi connectivity index (χ2v) is 4.69. The maximum Gasteiger partial charge on any atom is 0.302 e. The molecule has 0 amide bonds. The molecule has 0 bridgehead atoms.